The highest BCUT2D eigenvalue weighted by Gasteiger charge is 2.49. The fourth-order valence-corrected chi connectivity index (χ4v) is 3.92. The number of hydrogen-bond acceptors (Lipinski definition) is 5. The highest BCUT2D eigenvalue weighted by Crippen LogP contribution is 2.29. The number of esters is 1. The molecule has 2 aliphatic rings. The third-order valence-corrected chi connectivity index (χ3v) is 5.94. The summed E-state index contributed by atoms with van der Waals surface area (Å²) in [5.74, 6) is -1.04. The molecule has 0 spiro atoms. The minimum Gasteiger partial charge on any atom is -0.454 e. The lowest BCUT2D eigenvalue weighted by Gasteiger charge is -2.26. The zero-order chi connectivity index (χ0) is 21.9. The van der Waals surface area contributed by atoms with Crippen molar-refractivity contribution in [1.29, 1.82) is 0 Å². The van der Waals surface area contributed by atoms with E-state index in [4.69, 9.17) is 4.74 Å². The van der Waals surface area contributed by atoms with Gasteiger partial charge in [0, 0.05) is 6.04 Å². The summed E-state index contributed by atoms with van der Waals surface area (Å²) in [5, 5.41) is 5.51. The van der Waals surface area contributed by atoms with Gasteiger partial charge < -0.3 is 15.4 Å². The van der Waals surface area contributed by atoms with E-state index < -0.39 is 36.6 Å². The molecule has 0 radical (unpaired) electrons. The van der Waals surface area contributed by atoms with Crippen LogP contribution >= 0.6 is 0 Å². The number of imide groups is 1. The first-order valence-corrected chi connectivity index (χ1v) is 10.4. The fraction of sp³-hybridized carbons (Fsp3) is 0.545. The molecule has 2 fully saturated rings. The average molecular weight is 415 g/mol. The predicted octanol–water partition coefficient (Wildman–Crippen LogP) is 2.00. The summed E-state index contributed by atoms with van der Waals surface area (Å²) < 4.78 is 4.99. The van der Waals surface area contributed by atoms with Crippen molar-refractivity contribution in [1.82, 2.24) is 15.5 Å². The van der Waals surface area contributed by atoms with Gasteiger partial charge in [0.05, 0.1) is 0 Å². The molecule has 162 valence electrons. The van der Waals surface area contributed by atoms with Gasteiger partial charge in [-0.2, -0.15) is 0 Å². The summed E-state index contributed by atoms with van der Waals surface area (Å²) in [5.41, 5.74) is 0.407. The Kier molecular flexibility index (Phi) is 6.43. The van der Waals surface area contributed by atoms with Crippen LogP contribution < -0.4 is 10.6 Å². The maximum absolute atomic E-state index is 12.8. The van der Waals surface area contributed by atoms with Crippen molar-refractivity contribution < 1.29 is 23.9 Å². The molecule has 0 aromatic heterocycles. The third kappa shape index (κ3) is 4.80. The minimum absolute atomic E-state index is 0.105. The smallest absolute Gasteiger partial charge is 0.326 e. The number of aryl methyl sites for hydroxylation is 1. The first-order valence-electron chi connectivity index (χ1n) is 10.4. The van der Waals surface area contributed by atoms with Crippen molar-refractivity contribution in [2.45, 2.75) is 58.0 Å². The first-order chi connectivity index (χ1) is 14.2. The second-order valence-electron chi connectivity index (χ2n) is 8.50. The van der Waals surface area contributed by atoms with Crippen LogP contribution in [0.3, 0.4) is 0 Å². The van der Waals surface area contributed by atoms with E-state index in [1.54, 1.807) is 19.1 Å². The molecule has 1 atom stereocenters. The van der Waals surface area contributed by atoms with Crippen molar-refractivity contribution in [3.8, 4) is 0 Å². The van der Waals surface area contributed by atoms with E-state index in [0.29, 0.717) is 11.5 Å². The van der Waals surface area contributed by atoms with Crippen LogP contribution in [0.1, 0.15) is 50.7 Å². The van der Waals surface area contributed by atoms with Gasteiger partial charge in [0.25, 0.3) is 11.8 Å². The molecule has 1 saturated heterocycles. The second-order valence-corrected chi connectivity index (χ2v) is 8.50. The maximum atomic E-state index is 12.8. The summed E-state index contributed by atoms with van der Waals surface area (Å²) in [6, 6.07) is 6.68. The van der Waals surface area contributed by atoms with E-state index in [-0.39, 0.29) is 11.9 Å². The van der Waals surface area contributed by atoms with Gasteiger partial charge in [-0.25, -0.2) is 4.79 Å². The van der Waals surface area contributed by atoms with E-state index in [1.807, 2.05) is 19.1 Å². The van der Waals surface area contributed by atoms with Crippen LogP contribution in [0.5, 0.6) is 0 Å². The number of nitrogens with zero attached hydrogens (tertiary/aromatic N) is 1. The molecule has 2 N–H and O–H groups in total. The highest BCUT2D eigenvalue weighted by atomic mass is 16.5. The molecule has 30 heavy (non-hydrogen) atoms. The van der Waals surface area contributed by atoms with Gasteiger partial charge in [-0.1, -0.05) is 36.8 Å². The number of ether oxygens (including phenoxy) is 1. The summed E-state index contributed by atoms with van der Waals surface area (Å²) in [4.78, 5) is 50.2. The standard InChI is InChI=1S/C22H29N3O5/c1-14-4-8-16(9-5-14)22(3)20(28)25(21(29)24-22)12-19(27)30-13-18(26)23-17-10-6-15(2)7-11-17/h4-5,8-9,15,17H,6-7,10-13H2,1-3H3,(H,23,26)(H,24,29)/t15?,17?,22-/m0/s1. The average Bonchev–Trinajstić information content (AvgIpc) is 2.92. The SMILES string of the molecule is Cc1ccc([C@]2(C)NC(=O)N(CC(=O)OCC(=O)NC3CCC(C)CC3)C2=O)cc1. The number of hydrogen-bond donors (Lipinski definition) is 2. The Bertz CT molecular complexity index is 830. The zero-order valence-corrected chi connectivity index (χ0v) is 17.7. The van der Waals surface area contributed by atoms with Crippen LogP contribution in [0.15, 0.2) is 24.3 Å². The highest BCUT2D eigenvalue weighted by molar-refractivity contribution is 6.08. The fourth-order valence-electron chi connectivity index (χ4n) is 3.92. The van der Waals surface area contributed by atoms with Crippen LogP contribution in [0.2, 0.25) is 0 Å². The molecule has 8 nitrogen and oxygen atoms in total. The zero-order valence-electron chi connectivity index (χ0n) is 17.7. The van der Waals surface area contributed by atoms with Crippen LogP contribution in [0.4, 0.5) is 4.79 Å². The first kappa shape index (κ1) is 21.8. The van der Waals surface area contributed by atoms with Crippen molar-refractivity contribution in [2.24, 2.45) is 5.92 Å². The monoisotopic (exact) mass is 415 g/mol. The maximum Gasteiger partial charge on any atom is 0.326 e. The van der Waals surface area contributed by atoms with Gasteiger partial charge >= 0.3 is 12.0 Å². The lowest BCUT2D eigenvalue weighted by atomic mass is 9.87. The largest absolute Gasteiger partial charge is 0.454 e. The number of rotatable bonds is 6. The van der Waals surface area contributed by atoms with Crippen molar-refractivity contribution in [3.05, 3.63) is 35.4 Å². The Hall–Kier alpha value is -2.90. The molecule has 0 unspecified atom stereocenters. The third-order valence-electron chi connectivity index (χ3n) is 5.94. The summed E-state index contributed by atoms with van der Waals surface area (Å²) in [7, 11) is 0. The summed E-state index contributed by atoms with van der Waals surface area (Å²) >= 11 is 0. The molecule has 0 bridgehead atoms. The molecule has 1 aromatic rings. The van der Waals surface area contributed by atoms with Crippen LogP contribution in [-0.4, -0.2) is 47.9 Å². The molecular weight excluding hydrogens is 386 g/mol. The lowest BCUT2D eigenvalue weighted by Crippen LogP contribution is -2.42. The second kappa shape index (κ2) is 8.85. The van der Waals surface area contributed by atoms with Gasteiger partial charge in [0.15, 0.2) is 6.61 Å². The lowest BCUT2D eigenvalue weighted by molar-refractivity contribution is -0.151. The number of benzene rings is 1. The molecule has 1 heterocycles. The van der Waals surface area contributed by atoms with Crippen LogP contribution in [-0.2, 0) is 24.7 Å². The van der Waals surface area contributed by atoms with Crippen LogP contribution in [0.25, 0.3) is 0 Å². The normalized spacial score (nSPS) is 26.3. The predicted molar refractivity (Wildman–Crippen MR) is 109 cm³/mol. The van der Waals surface area contributed by atoms with E-state index in [0.717, 1.165) is 36.1 Å². The van der Waals surface area contributed by atoms with E-state index in [2.05, 4.69) is 17.6 Å². The quantitative estimate of drug-likeness (QED) is 0.546. The Morgan fingerprint density at radius 1 is 1.17 bits per heavy atom. The molecule has 4 amide bonds. The van der Waals surface area contributed by atoms with E-state index in [9.17, 15) is 19.2 Å². The van der Waals surface area contributed by atoms with Gasteiger partial charge in [0.1, 0.15) is 12.1 Å². The molecular formula is C22H29N3O5. The minimum atomic E-state index is -1.25. The molecule has 3 rings (SSSR count). The van der Waals surface area contributed by atoms with Gasteiger partial charge in [0.2, 0.25) is 0 Å². The number of amides is 4. The van der Waals surface area contributed by atoms with Gasteiger partial charge in [-0.05, 0) is 51.0 Å². The van der Waals surface area contributed by atoms with Gasteiger partial charge in [-0.15, -0.1) is 0 Å². The van der Waals surface area contributed by atoms with E-state index >= 15 is 0 Å². The molecule has 1 aliphatic carbocycles. The Morgan fingerprint density at radius 3 is 2.43 bits per heavy atom. The van der Waals surface area contributed by atoms with Gasteiger partial charge in [-0.3, -0.25) is 19.3 Å². The molecule has 1 aromatic carbocycles. The number of nitrogens with one attached hydrogen (secondary N) is 2. The Balaban J connectivity index is 1.51. The number of carbonyl (C=O) groups is 4. The number of urea groups is 1. The van der Waals surface area contributed by atoms with Crippen molar-refractivity contribution in [3.63, 3.8) is 0 Å². The molecule has 1 aliphatic heterocycles. The molecule has 8 heteroatoms. The summed E-state index contributed by atoms with van der Waals surface area (Å²) in [6.45, 7) is 4.75. The van der Waals surface area contributed by atoms with Crippen molar-refractivity contribution in [2.75, 3.05) is 13.2 Å². The number of carbonyl (C=O) groups excluding carboxylic acids is 4. The Morgan fingerprint density at radius 2 is 1.80 bits per heavy atom. The molecule has 1 saturated carbocycles. The Labute approximate surface area is 176 Å². The van der Waals surface area contributed by atoms with Crippen molar-refractivity contribution >= 4 is 23.8 Å². The van der Waals surface area contributed by atoms with E-state index in [1.165, 1.54) is 0 Å². The summed E-state index contributed by atoms with van der Waals surface area (Å²) in [6.07, 6.45) is 3.97. The van der Waals surface area contributed by atoms with Crippen LogP contribution in [0, 0.1) is 12.8 Å². The topological polar surface area (TPSA) is 105 Å².